The average Bonchev–Trinajstić information content (AvgIpc) is 3.24. The Balaban J connectivity index is 0.000000183. The van der Waals surface area contributed by atoms with E-state index in [-0.39, 0.29) is 0 Å². The average molecular weight is 610 g/mol. The van der Waals surface area contributed by atoms with Crippen molar-refractivity contribution in [3.63, 3.8) is 0 Å². The number of nitrogens with zero attached hydrogens (tertiary/aromatic N) is 8. The van der Waals surface area contributed by atoms with Gasteiger partial charge in [-0.05, 0) is 38.1 Å². The van der Waals surface area contributed by atoms with E-state index in [1.165, 1.54) is 0 Å². The zero-order valence-electron chi connectivity index (χ0n) is 16.3. The molecule has 0 amide bonds. The molecule has 4 aromatic heterocycles. The molecule has 0 aromatic carbocycles. The Morgan fingerprint density at radius 3 is 1.34 bits per heavy atom. The summed E-state index contributed by atoms with van der Waals surface area (Å²) in [7, 11) is 13.5. The molecule has 8 nitrogen and oxygen atoms in total. The number of hydrogen-bond acceptors (Lipinski definition) is 6. The van der Waals surface area contributed by atoms with Gasteiger partial charge < -0.3 is 0 Å². The fourth-order valence-corrected chi connectivity index (χ4v) is 2.46. The van der Waals surface area contributed by atoms with Crippen molar-refractivity contribution in [2.45, 2.75) is 13.8 Å². The number of pyridine rings is 2. The summed E-state index contributed by atoms with van der Waals surface area (Å²) in [6, 6.07) is 11.5. The second kappa shape index (κ2) is 11.7. The molecule has 0 aliphatic heterocycles. The van der Waals surface area contributed by atoms with Gasteiger partial charge in [0, 0.05) is 26.5 Å². The molecule has 0 fully saturated rings. The summed E-state index contributed by atoms with van der Waals surface area (Å²) in [5.74, 6) is 3.14. The molecular weight excluding hydrogens is 589 g/mol. The van der Waals surface area contributed by atoms with E-state index in [0.717, 1.165) is 34.7 Å². The summed E-state index contributed by atoms with van der Waals surface area (Å²) in [5.41, 5.74) is 1.70. The van der Waals surface area contributed by atoms with Gasteiger partial charge in [0.05, 0.1) is 0 Å². The topological polar surface area (TPSA) is 87.2 Å². The molecule has 0 unspecified atom stereocenters. The third-order valence-electron chi connectivity index (χ3n) is 3.53. The normalized spacial score (nSPS) is 10.0. The van der Waals surface area contributed by atoms with Crippen molar-refractivity contribution in [3.8, 4) is 23.0 Å². The van der Waals surface area contributed by atoms with Crippen LogP contribution in [0, 0.1) is 13.8 Å². The Morgan fingerprint density at radius 1 is 0.724 bits per heavy atom. The molecule has 0 saturated carbocycles. The minimum atomic E-state index is -0.639. The molecule has 0 aliphatic rings. The van der Waals surface area contributed by atoms with Gasteiger partial charge in [-0.3, -0.25) is 9.97 Å². The van der Waals surface area contributed by atoms with Gasteiger partial charge in [-0.1, -0.05) is 12.1 Å². The molecule has 0 aliphatic carbocycles. The van der Waals surface area contributed by atoms with E-state index in [9.17, 15) is 0 Å². The van der Waals surface area contributed by atoms with Crippen molar-refractivity contribution in [1.29, 1.82) is 0 Å². The van der Waals surface area contributed by atoms with Crippen molar-refractivity contribution in [1.82, 2.24) is 39.5 Å². The fourth-order valence-electron chi connectivity index (χ4n) is 2.46. The first-order valence-corrected chi connectivity index (χ1v) is 14.7. The Hall–Kier alpha value is -2.20. The first-order chi connectivity index (χ1) is 14.0. The van der Waals surface area contributed by atoms with Gasteiger partial charge >= 0.3 is 34.7 Å². The molecule has 154 valence electrons. The van der Waals surface area contributed by atoms with E-state index in [2.05, 4.69) is 30.1 Å². The van der Waals surface area contributed by atoms with Crippen LogP contribution in [-0.2, 0) is 29.5 Å². The quantitative estimate of drug-likeness (QED) is 0.344. The summed E-state index contributed by atoms with van der Waals surface area (Å²) < 4.78 is 3.47. The van der Waals surface area contributed by atoms with E-state index in [1.54, 1.807) is 21.8 Å². The number of aromatic nitrogens is 8. The van der Waals surface area contributed by atoms with Gasteiger partial charge in [0.25, 0.3) is 0 Å². The summed E-state index contributed by atoms with van der Waals surface area (Å²) in [5, 5.41) is 8.31. The van der Waals surface area contributed by atoms with Crippen LogP contribution >= 0.6 is 19.3 Å². The molecule has 0 saturated heterocycles. The monoisotopic (exact) mass is 610 g/mol. The van der Waals surface area contributed by atoms with Crippen LogP contribution in [0.4, 0.5) is 0 Å². The van der Waals surface area contributed by atoms with E-state index in [1.807, 2.05) is 64.3 Å². The summed E-state index contributed by atoms with van der Waals surface area (Å²) in [4.78, 5) is 16.9. The molecule has 0 bridgehead atoms. The van der Waals surface area contributed by atoms with Crippen LogP contribution in [0.15, 0.2) is 48.8 Å². The number of rotatable bonds is 2. The Labute approximate surface area is 185 Å². The van der Waals surface area contributed by atoms with E-state index < -0.39 is 15.4 Å². The second-order valence-electron chi connectivity index (χ2n) is 5.69. The zero-order valence-corrected chi connectivity index (χ0v) is 20.4. The van der Waals surface area contributed by atoms with Crippen LogP contribution in [0.5, 0.6) is 0 Å². The van der Waals surface area contributed by atoms with Gasteiger partial charge in [-0.15, -0.1) is 0 Å². The zero-order chi connectivity index (χ0) is 21.2. The van der Waals surface area contributed by atoms with Crippen LogP contribution in [-0.4, -0.2) is 39.5 Å². The van der Waals surface area contributed by atoms with Gasteiger partial charge in [0.1, 0.15) is 23.0 Å². The molecule has 0 atom stereocenters. The third kappa shape index (κ3) is 6.96. The summed E-state index contributed by atoms with van der Waals surface area (Å²) in [6.45, 7) is 3.74. The van der Waals surface area contributed by atoms with Crippen molar-refractivity contribution in [2.75, 3.05) is 0 Å². The predicted octanol–water partition coefficient (Wildman–Crippen LogP) is 3.75. The maximum absolute atomic E-state index is 4.90. The van der Waals surface area contributed by atoms with Gasteiger partial charge in [-0.2, -0.15) is 10.2 Å². The first-order valence-electron chi connectivity index (χ1n) is 8.39. The molecule has 0 radical (unpaired) electrons. The van der Waals surface area contributed by atoms with Crippen molar-refractivity contribution in [3.05, 3.63) is 60.4 Å². The van der Waals surface area contributed by atoms with E-state index in [0.29, 0.717) is 0 Å². The molecule has 29 heavy (non-hydrogen) atoms. The predicted molar refractivity (Wildman–Crippen MR) is 110 cm³/mol. The standard InChI is InChI=1S/2C9H10N4.2ClH.Os/c2*1-7-11-9(13(2)12-7)8-5-3-4-6-10-8;;;/h2*3-6H,1-2H3;2*1H;/q;;;;+2/p-2. The van der Waals surface area contributed by atoms with Crippen LogP contribution in [0.1, 0.15) is 11.6 Å². The Kier molecular flexibility index (Phi) is 9.32. The molecule has 4 heterocycles. The van der Waals surface area contributed by atoms with E-state index >= 15 is 0 Å². The van der Waals surface area contributed by atoms with Crippen LogP contribution in [0.2, 0.25) is 0 Å². The van der Waals surface area contributed by atoms with Crippen molar-refractivity contribution in [2.24, 2.45) is 14.1 Å². The Bertz CT molecular complexity index is 924. The molecule has 0 N–H and O–H groups in total. The van der Waals surface area contributed by atoms with E-state index in [4.69, 9.17) is 19.3 Å². The fraction of sp³-hybridized carbons (Fsp3) is 0.222. The van der Waals surface area contributed by atoms with Crippen molar-refractivity contribution >= 4 is 19.3 Å². The van der Waals surface area contributed by atoms with Gasteiger partial charge in [-0.25, -0.2) is 19.3 Å². The van der Waals surface area contributed by atoms with Crippen LogP contribution in [0.3, 0.4) is 0 Å². The summed E-state index contributed by atoms with van der Waals surface area (Å²) in [6.07, 6.45) is 3.50. The van der Waals surface area contributed by atoms with Gasteiger partial charge in [0.2, 0.25) is 0 Å². The molecule has 11 heteroatoms. The number of aryl methyl sites for hydroxylation is 4. The molecule has 4 rings (SSSR count). The molecular formula is C18H20Cl2N8Os. The third-order valence-corrected chi connectivity index (χ3v) is 3.53. The van der Waals surface area contributed by atoms with Crippen molar-refractivity contribution < 1.29 is 15.4 Å². The molecule has 0 spiro atoms. The minimum absolute atomic E-state index is 0.639. The SMILES string of the molecule is Cc1nc(-c2ccccn2)n(C)n1.Cc1nc(-c2ccccn2)n(C)n1.[Cl][Os][Cl]. The number of hydrogen-bond donors (Lipinski definition) is 0. The van der Waals surface area contributed by atoms with Gasteiger partial charge in [0.15, 0.2) is 11.6 Å². The van der Waals surface area contributed by atoms with Crippen LogP contribution < -0.4 is 0 Å². The summed E-state index contributed by atoms with van der Waals surface area (Å²) >= 11 is -0.639. The second-order valence-corrected chi connectivity index (χ2v) is 9.36. The number of halogens is 2. The first kappa shape index (κ1) is 23.1. The maximum atomic E-state index is 4.90. The van der Waals surface area contributed by atoms with Crippen LogP contribution in [0.25, 0.3) is 23.0 Å². The molecule has 4 aromatic rings. The Morgan fingerprint density at radius 2 is 1.10 bits per heavy atom.